The molecule has 0 saturated carbocycles. The highest BCUT2D eigenvalue weighted by atomic mass is 32.1. The van der Waals surface area contributed by atoms with Gasteiger partial charge in [0.25, 0.3) is 5.91 Å². The van der Waals surface area contributed by atoms with Gasteiger partial charge in [0.2, 0.25) is 11.8 Å². The maximum absolute atomic E-state index is 14.0. The van der Waals surface area contributed by atoms with Crippen molar-refractivity contribution >= 4 is 41.1 Å². The molecule has 4 N–H and O–H groups in total. The average molecular weight is 744 g/mol. The molecule has 13 nitrogen and oxygen atoms in total. The fraction of sp³-hybridized carbons (Fsp3) is 0.632. The second kappa shape index (κ2) is 20.3. The number of amides is 4. The Morgan fingerprint density at radius 2 is 1.73 bits per heavy atom. The minimum absolute atomic E-state index is 0.0828. The molecule has 7 atom stereocenters. The highest BCUT2D eigenvalue weighted by molar-refractivity contribution is 7.09. The Labute approximate surface area is 311 Å². The summed E-state index contributed by atoms with van der Waals surface area (Å²) >= 11 is 1.15. The monoisotopic (exact) mass is 743 g/mol. The summed E-state index contributed by atoms with van der Waals surface area (Å²) in [5.74, 6) is -2.31. The fourth-order valence-corrected chi connectivity index (χ4v) is 7.46. The van der Waals surface area contributed by atoms with Gasteiger partial charge in [-0.1, -0.05) is 71.4 Å². The van der Waals surface area contributed by atoms with Crippen LogP contribution in [0.5, 0.6) is 0 Å². The topological polar surface area (TPSA) is 178 Å². The number of piperidine rings is 1. The van der Waals surface area contributed by atoms with Crippen LogP contribution in [0.25, 0.3) is 0 Å². The third kappa shape index (κ3) is 11.7. The number of aliphatic hydroxyl groups excluding tert-OH is 1. The number of benzene rings is 1. The van der Waals surface area contributed by atoms with Crippen molar-refractivity contribution in [2.45, 2.75) is 117 Å². The first-order chi connectivity index (χ1) is 24.7. The Bertz CT molecular complexity index is 1490. The van der Waals surface area contributed by atoms with Gasteiger partial charge in [-0.05, 0) is 56.4 Å². The van der Waals surface area contributed by atoms with Crippen molar-refractivity contribution < 1.29 is 38.9 Å². The average Bonchev–Trinajstić information content (AvgIpc) is 3.63. The summed E-state index contributed by atoms with van der Waals surface area (Å²) in [6.07, 6.45) is 1.17. The number of carboxylic acid groups (broad SMARTS) is 1. The molecule has 1 fully saturated rings. The van der Waals surface area contributed by atoms with Gasteiger partial charge in [-0.2, -0.15) is 0 Å². The Hall–Kier alpha value is -4.04. The predicted molar refractivity (Wildman–Crippen MR) is 199 cm³/mol. The van der Waals surface area contributed by atoms with Crippen LogP contribution in [-0.4, -0.2) is 99.1 Å². The number of carbonyl (C=O) groups excluding carboxylic acids is 4. The fourth-order valence-electron chi connectivity index (χ4n) is 6.66. The first-order valence-corrected chi connectivity index (χ1v) is 19.3. The highest BCUT2D eigenvalue weighted by Gasteiger charge is 2.38. The standard InChI is InChI=1S/C38H57N5O8S/c1-8-24(5)32(41-34(46)29-17-13-14-18-43(29)38(49)50)36(47)42(7)30(23(3)4)21-31(44)35-40-28(22-52-35)33(45)39-27(19-25(6)37(48)51-9-2)20-26-15-11-10-12-16-26/h10-12,15-16,22-25,27,29-32,44H,8-9,13-14,17-21H2,1-7H3,(H,39,45)(H,41,46)(H,49,50)/t24-,25-,27+,29?,30+,31+,32-/m0/s1. The van der Waals surface area contributed by atoms with Crippen molar-refractivity contribution in [1.29, 1.82) is 0 Å². The number of hydrogen-bond donors (Lipinski definition) is 4. The van der Waals surface area contributed by atoms with Crippen LogP contribution >= 0.6 is 11.3 Å². The molecule has 3 rings (SSSR count). The molecule has 0 radical (unpaired) electrons. The minimum atomic E-state index is -1.16. The first-order valence-electron chi connectivity index (χ1n) is 18.4. The number of esters is 1. The van der Waals surface area contributed by atoms with Crippen molar-refractivity contribution in [3.05, 3.63) is 52.0 Å². The van der Waals surface area contributed by atoms with E-state index in [4.69, 9.17) is 4.74 Å². The molecule has 0 bridgehead atoms. The molecule has 2 heterocycles. The predicted octanol–water partition coefficient (Wildman–Crippen LogP) is 5.04. The van der Waals surface area contributed by atoms with Crippen molar-refractivity contribution in [2.75, 3.05) is 20.2 Å². The van der Waals surface area contributed by atoms with E-state index in [-0.39, 0.29) is 55.0 Å². The van der Waals surface area contributed by atoms with Gasteiger partial charge < -0.3 is 30.5 Å². The van der Waals surface area contributed by atoms with Gasteiger partial charge in [0, 0.05) is 37.5 Å². The number of thiazole rings is 1. The quantitative estimate of drug-likeness (QED) is 0.152. The van der Waals surface area contributed by atoms with Gasteiger partial charge in [-0.25, -0.2) is 9.78 Å². The van der Waals surface area contributed by atoms with Gasteiger partial charge in [-0.15, -0.1) is 11.3 Å². The van der Waals surface area contributed by atoms with Crippen molar-refractivity contribution in [2.24, 2.45) is 17.8 Å². The van der Waals surface area contributed by atoms with Crippen LogP contribution < -0.4 is 10.6 Å². The minimum Gasteiger partial charge on any atom is -0.466 e. The molecule has 52 heavy (non-hydrogen) atoms. The van der Waals surface area contributed by atoms with E-state index in [1.807, 2.05) is 58.0 Å². The molecule has 1 unspecified atom stereocenters. The number of hydrogen-bond acceptors (Lipinski definition) is 9. The van der Waals surface area contributed by atoms with E-state index in [0.717, 1.165) is 28.2 Å². The summed E-state index contributed by atoms with van der Waals surface area (Å²) in [5.41, 5.74) is 1.15. The number of likely N-dealkylation sites (tertiary alicyclic amines) is 1. The van der Waals surface area contributed by atoms with E-state index in [0.29, 0.717) is 37.1 Å². The zero-order valence-corrected chi connectivity index (χ0v) is 32.4. The lowest BCUT2D eigenvalue weighted by molar-refractivity contribution is -0.147. The highest BCUT2D eigenvalue weighted by Crippen LogP contribution is 2.28. The summed E-state index contributed by atoms with van der Waals surface area (Å²) in [7, 11) is 1.65. The number of aromatic nitrogens is 1. The lowest BCUT2D eigenvalue weighted by Crippen LogP contribution is -2.59. The van der Waals surface area contributed by atoms with Crippen molar-refractivity contribution in [1.82, 2.24) is 25.4 Å². The number of nitrogens with zero attached hydrogens (tertiary/aromatic N) is 3. The smallest absolute Gasteiger partial charge is 0.407 e. The van der Waals surface area contributed by atoms with E-state index in [9.17, 15) is 34.2 Å². The van der Waals surface area contributed by atoms with Gasteiger partial charge in [0.15, 0.2) is 0 Å². The molecular weight excluding hydrogens is 687 g/mol. The molecule has 1 aromatic heterocycles. The van der Waals surface area contributed by atoms with Crippen LogP contribution in [0.15, 0.2) is 35.7 Å². The summed E-state index contributed by atoms with van der Waals surface area (Å²) in [4.78, 5) is 72.2. The summed E-state index contributed by atoms with van der Waals surface area (Å²) in [6, 6.07) is 7.10. The van der Waals surface area contributed by atoms with Crippen LogP contribution in [-0.2, 0) is 25.5 Å². The molecule has 1 aromatic carbocycles. The zero-order valence-electron chi connectivity index (χ0n) is 31.5. The van der Waals surface area contributed by atoms with Gasteiger partial charge >= 0.3 is 12.1 Å². The number of nitrogens with one attached hydrogen (secondary N) is 2. The maximum Gasteiger partial charge on any atom is 0.407 e. The van der Waals surface area contributed by atoms with Crippen molar-refractivity contribution in [3.8, 4) is 0 Å². The molecule has 4 amide bonds. The molecule has 2 aromatic rings. The number of rotatable bonds is 18. The molecule has 1 saturated heterocycles. The third-order valence-corrected chi connectivity index (χ3v) is 10.9. The lowest BCUT2D eigenvalue weighted by atomic mass is 9.92. The Balaban J connectivity index is 1.72. The number of likely N-dealkylation sites (N-methyl/N-ethyl adjacent to an activating group) is 1. The summed E-state index contributed by atoms with van der Waals surface area (Å²) in [6.45, 7) is 11.7. The number of aliphatic hydroxyl groups is 1. The van der Waals surface area contributed by atoms with Gasteiger partial charge in [0.1, 0.15) is 28.9 Å². The molecule has 1 aliphatic heterocycles. The SMILES string of the molecule is CCOC(=O)[C@@H](C)C[C@H](Cc1ccccc1)NC(=O)c1csc([C@H](O)C[C@H](C(C)C)N(C)C(=O)[C@@H](NC(=O)C2CCCCN2C(=O)O)[C@@H](C)CC)n1. The molecule has 0 spiro atoms. The maximum atomic E-state index is 14.0. The van der Waals surface area contributed by atoms with Crippen LogP contribution in [0.3, 0.4) is 0 Å². The van der Waals surface area contributed by atoms with Crippen LogP contribution in [0.1, 0.15) is 107 Å². The van der Waals surface area contributed by atoms with Gasteiger partial charge in [-0.3, -0.25) is 24.1 Å². The second-order valence-electron chi connectivity index (χ2n) is 14.2. The van der Waals surface area contributed by atoms with Crippen LogP contribution in [0.2, 0.25) is 0 Å². The normalized spacial score (nSPS) is 18.0. The Kier molecular flexibility index (Phi) is 16.5. The van der Waals surface area contributed by atoms with E-state index < -0.39 is 48.1 Å². The van der Waals surface area contributed by atoms with E-state index in [1.54, 1.807) is 31.2 Å². The number of carbonyl (C=O) groups is 5. The molecule has 14 heteroatoms. The Morgan fingerprint density at radius 1 is 1.04 bits per heavy atom. The Morgan fingerprint density at radius 3 is 2.35 bits per heavy atom. The van der Waals surface area contributed by atoms with E-state index in [2.05, 4.69) is 15.6 Å². The summed E-state index contributed by atoms with van der Waals surface area (Å²) < 4.78 is 5.18. The second-order valence-corrected chi connectivity index (χ2v) is 15.1. The third-order valence-electron chi connectivity index (χ3n) is 9.93. The zero-order chi connectivity index (χ0) is 38.5. The van der Waals surface area contributed by atoms with Crippen molar-refractivity contribution in [3.63, 3.8) is 0 Å². The summed E-state index contributed by atoms with van der Waals surface area (Å²) in [5, 5.41) is 28.8. The number of ether oxygens (including phenoxy) is 1. The molecule has 1 aliphatic rings. The lowest BCUT2D eigenvalue weighted by Gasteiger charge is -2.38. The van der Waals surface area contributed by atoms with E-state index >= 15 is 0 Å². The molecular formula is C38H57N5O8S. The van der Waals surface area contributed by atoms with E-state index in [1.165, 1.54) is 0 Å². The largest absolute Gasteiger partial charge is 0.466 e. The van der Waals surface area contributed by atoms with Gasteiger partial charge in [0.05, 0.1) is 12.5 Å². The van der Waals surface area contributed by atoms with Crippen LogP contribution in [0, 0.1) is 17.8 Å². The van der Waals surface area contributed by atoms with Crippen LogP contribution in [0.4, 0.5) is 4.79 Å². The molecule has 288 valence electrons. The first kappa shape index (κ1) is 42.4. The molecule has 0 aliphatic carbocycles.